The van der Waals surface area contributed by atoms with E-state index in [0.717, 1.165) is 32.1 Å². The first-order chi connectivity index (χ1) is 10.8. The van der Waals surface area contributed by atoms with Crippen molar-refractivity contribution in [2.45, 2.75) is 93.1 Å². The summed E-state index contributed by atoms with van der Waals surface area (Å²) < 4.78 is 5.65. The van der Waals surface area contributed by atoms with Crippen LogP contribution in [0.25, 0.3) is 0 Å². The van der Waals surface area contributed by atoms with E-state index in [4.69, 9.17) is 4.74 Å². The Kier molecular flexibility index (Phi) is 6.51. The van der Waals surface area contributed by atoms with E-state index < -0.39 is 17.5 Å². The minimum Gasteiger partial charge on any atom is -0.478 e. The van der Waals surface area contributed by atoms with Gasteiger partial charge in [-0.15, -0.1) is 0 Å². The van der Waals surface area contributed by atoms with Crippen LogP contribution in [0.4, 0.5) is 0 Å². The second-order valence-corrected chi connectivity index (χ2v) is 9.88. The molecule has 2 atom stereocenters. The number of aliphatic carboxylic acids is 1. The van der Waals surface area contributed by atoms with Gasteiger partial charge >= 0.3 is 11.9 Å². The average molecular weight is 341 g/mol. The van der Waals surface area contributed by atoms with Gasteiger partial charge in [0.15, 0.2) is 0 Å². The SMILES string of the molecule is CC(C)(C)CC(C)(C(=O)OC(C(=O)O)C1CCCCC1)C(C)(C)C. The van der Waals surface area contributed by atoms with Crippen LogP contribution in [0.1, 0.15) is 87.0 Å². The standard InChI is InChI=1S/C20H36O4/c1-18(2,3)13-20(7,19(4,5)6)17(23)24-15(16(21)22)14-11-9-8-10-12-14/h14-15H,8-13H2,1-7H3,(H,21,22). The molecule has 1 saturated carbocycles. The average Bonchev–Trinajstić information content (AvgIpc) is 2.41. The van der Waals surface area contributed by atoms with Crippen LogP contribution in [0, 0.1) is 22.2 Å². The topological polar surface area (TPSA) is 63.6 Å². The smallest absolute Gasteiger partial charge is 0.345 e. The van der Waals surface area contributed by atoms with Crippen LogP contribution >= 0.6 is 0 Å². The number of carbonyl (C=O) groups excluding carboxylic acids is 1. The molecule has 0 radical (unpaired) electrons. The van der Waals surface area contributed by atoms with Gasteiger partial charge in [-0.05, 0) is 37.0 Å². The first kappa shape index (κ1) is 21.0. The maximum Gasteiger partial charge on any atom is 0.345 e. The van der Waals surface area contributed by atoms with Crippen LogP contribution in [0.2, 0.25) is 0 Å². The van der Waals surface area contributed by atoms with Crippen molar-refractivity contribution in [1.29, 1.82) is 0 Å². The molecule has 1 aliphatic carbocycles. The Morgan fingerprint density at radius 3 is 1.88 bits per heavy atom. The second kappa shape index (κ2) is 7.45. The number of rotatable bonds is 5. The van der Waals surface area contributed by atoms with Gasteiger partial charge in [-0.2, -0.15) is 0 Å². The van der Waals surface area contributed by atoms with Crippen molar-refractivity contribution < 1.29 is 19.4 Å². The molecule has 1 fully saturated rings. The van der Waals surface area contributed by atoms with Gasteiger partial charge in [0.1, 0.15) is 0 Å². The minimum atomic E-state index is -1.01. The molecule has 4 nitrogen and oxygen atoms in total. The van der Waals surface area contributed by atoms with E-state index in [1.807, 2.05) is 27.7 Å². The van der Waals surface area contributed by atoms with E-state index in [1.54, 1.807) is 0 Å². The van der Waals surface area contributed by atoms with Gasteiger partial charge in [0.05, 0.1) is 5.41 Å². The van der Waals surface area contributed by atoms with E-state index in [-0.39, 0.29) is 22.7 Å². The lowest BCUT2D eigenvalue weighted by atomic mass is 9.61. The van der Waals surface area contributed by atoms with Crippen LogP contribution in [0.5, 0.6) is 0 Å². The summed E-state index contributed by atoms with van der Waals surface area (Å²) in [5.74, 6) is -1.44. The summed E-state index contributed by atoms with van der Waals surface area (Å²) in [6.45, 7) is 14.3. The number of esters is 1. The Balaban J connectivity index is 3.02. The van der Waals surface area contributed by atoms with Crippen LogP contribution in [0.15, 0.2) is 0 Å². The zero-order valence-corrected chi connectivity index (χ0v) is 16.6. The van der Waals surface area contributed by atoms with Gasteiger partial charge in [0.2, 0.25) is 6.10 Å². The molecule has 0 spiro atoms. The Bertz CT molecular complexity index is 449. The van der Waals surface area contributed by atoms with Crippen LogP contribution < -0.4 is 0 Å². The van der Waals surface area contributed by atoms with E-state index in [2.05, 4.69) is 20.8 Å². The summed E-state index contributed by atoms with van der Waals surface area (Å²) in [4.78, 5) is 24.8. The molecule has 4 heteroatoms. The number of carboxylic acids is 1. The van der Waals surface area contributed by atoms with Crippen molar-refractivity contribution >= 4 is 11.9 Å². The highest BCUT2D eigenvalue weighted by atomic mass is 16.6. The molecular weight excluding hydrogens is 304 g/mol. The van der Waals surface area contributed by atoms with Gasteiger partial charge in [-0.1, -0.05) is 60.8 Å². The van der Waals surface area contributed by atoms with E-state index in [0.29, 0.717) is 6.42 Å². The molecule has 140 valence electrons. The van der Waals surface area contributed by atoms with Gasteiger partial charge in [-0.25, -0.2) is 4.79 Å². The summed E-state index contributed by atoms with van der Waals surface area (Å²) >= 11 is 0. The zero-order valence-electron chi connectivity index (χ0n) is 16.6. The summed E-state index contributed by atoms with van der Waals surface area (Å²) in [5.41, 5.74) is -1.09. The number of hydrogen-bond donors (Lipinski definition) is 1. The van der Waals surface area contributed by atoms with Crippen molar-refractivity contribution in [3.8, 4) is 0 Å². The molecule has 0 heterocycles. The Labute approximate surface area is 147 Å². The lowest BCUT2D eigenvalue weighted by Crippen LogP contribution is -2.47. The van der Waals surface area contributed by atoms with Crippen molar-refractivity contribution in [3.63, 3.8) is 0 Å². The van der Waals surface area contributed by atoms with Gasteiger partial charge in [0.25, 0.3) is 0 Å². The third kappa shape index (κ3) is 5.22. The molecule has 0 aliphatic heterocycles. The summed E-state index contributed by atoms with van der Waals surface area (Å²) in [7, 11) is 0. The van der Waals surface area contributed by atoms with E-state index in [1.165, 1.54) is 0 Å². The number of ether oxygens (including phenoxy) is 1. The lowest BCUT2D eigenvalue weighted by molar-refractivity contribution is -0.182. The van der Waals surface area contributed by atoms with E-state index >= 15 is 0 Å². The third-order valence-electron chi connectivity index (χ3n) is 5.55. The van der Waals surface area contributed by atoms with Crippen molar-refractivity contribution in [1.82, 2.24) is 0 Å². The molecule has 1 rings (SSSR count). The highest BCUT2D eigenvalue weighted by Gasteiger charge is 2.49. The maximum absolute atomic E-state index is 13.1. The highest BCUT2D eigenvalue weighted by molar-refractivity contribution is 5.82. The molecular formula is C20H36O4. The number of carbonyl (C=O) groups is 2. The molecule has 1 N–H and O–H groups in total. The normalized spacial score (nSPS) is 21.0. The Morgan fingerprint density at radius 1 is 1.00 bits per heavy atom. The summed E-state index contributed by atoms with van der Waals surface area (Å²) in [6.07, 6.45) is 4.47. The van der Waals surface area contributed by atoms with Gasteiger partial charge in [-0.3, -0.25) is 4.79 Å². The van der Waals surface area contributed by atoms with Gasteiger partial charge in [0, 0.05) is 5.92 Å². The first-order valence-electron chi connectivity index (χ1n) is 9.22. The maximum atomic E-state index is 13.1. The number of carboxylic acid groups (broad SMARTS) is 1. The van der Waals surface area contributed by atoms with Crippen LogP contribution in [0.3, 0.4) is 0 Å². The lowest BCUT2D eigenvalue weighted by Gasteiger charge is -2.44. The first-order valence-corrected chi connectivity index (χ1v) is 9.22. The van der Waals surface area contributed by atoms with Gasteiger partial charge < -0.3 is 9.84 Å². The number of hydrogen-bond acceptors (Lipinski definition) is 3. The molecule has 24 heavy (non-hydrogen) atoms. The molecule has 0 saturated heterocycles. The fourth-order valence-electron chi connectivity index (χ4n) is 3.73. The van der Waals surface area contributed by atoms with Crippen LogP contribution in [-0.2, 0) is 14.3 Å². The fraction of sp³-hybridized carbons (Fsp3) is 0.900. The molecule has 0 aromatic carbocycles. The van der Waals surface area contributed by atoms with E-state index in [9.17, 15) is 14.7 Å². The van der Waals surface area contributed by atoms with Crippen molar-refractivity contribution in [2.24, 2.45) is 22.2 Å². The summed E-state index contributed by atoms with van der Waals surface area (Å²) in [5, 5.41) is 9.60. The second-order valence-electron chi connectivity index (χ2n) is 9.88. The predicted molar refractivity (Wildman–Crippen MR) is 95.7 cm³/mol. The summed E-state index contributed by atoms with van der Waals surface area (Å²) in [6, 6.07) is 0. The van der Waals surface area contributed by atoms with Crippen molar-refractivity contribution in [3.05, 3.63) is 0 Å². The molecule has 0 bridgehead atoms. The van der Waals surface area contributed by atoms with Crippen LogP contribution in [-0.4, -0.2) is 23.1 Å². The highest BCUT2D eigenvalue weighted by Crippen LogP contribution is 2.48. The fourth-order valence-corrected chi connectivity index (χ4v) is 3.73. The molecule has 0 amide bonds. The predicted octanol–water partition coefficient (Wildman–Crippen LogP) is 5.05. The largest absolute Gasteiger partial charge is 0.478 e. The molecule has 1 aliphatic rings. The third-order valence-corrected chi connectivity index (χ3v) is 5.55. The van der Waals surface area contributed by atoms with Crippen molar-refractivity contribution in [2.75, 3.05) is 0 Å². The monoisotopic (exact) mass is 340 g/mol. The molecule has 2 unspecified atom stereocenters. The Morgan fingerprint density at radius 2 is 1.50 bits per heavy atom. The quantitative estimate of drug-likeness (QED) is 0.711. The molecule has 0 aromatic heterocycles. The molecule has 0 aromatic rings. The Hall–Kier alpha value is -1.06. The zero-order chi connectivity index (χ0) is 18.8. The minimum absolute atomic E-state index is 0.0510.